The van der Waals surface area contributed by atoms with Crippen molar-refractivity contribution in [3.63, 3.8) is 0 Å². The maximum Gasteiger partial charge on any atom is 0.341 e. The second kappa shape index (κ2) is 8.52. The molecule has 3 rings (SSSR count). The molecule has 0 amide bonds. The second-order valence-corrected chi connectivity index (χ2v) is 6.08. The van der Waals surface area contributed by atoms with Crippen LogP contribution in [0.25, 0.3) is 5.52 Å². The van der Waals surface area contributed by atoms with Gasteiger partial charge in [-0.25, -0.2) is 9.59 Å². The largest absolute Gasteiger partial charge is 0.462 e. The lowest BCUT2D eigenvalue weighted by atomic mass is 10.0. The molecule has 6 nitrogen and oxygen atoms in total. The first-order chi connectivity index (χ1) is 13.6. The first-order valence-electron chi connectivity index (χ1n) is 9.12. The Kier molecular flexibility index (Phi) is 5.89. The summed E-state index contributed by atoms with van der Waals surface area (Å²) >= 11 is 0. The Hall–Kier alpha value is -3.41. The van der Waals surface area contributed by atoms with E-state index in [9.17, 15) is 14.4 Å². The molecule has 144 valence electrons. The summed E-state index contributed by atoms with van der Waals surface area (Å²) in [6, 6.07) is 14.4. The molecule has 2 heterocycles. The van der Waals surface area contributed by atoms with Crippen molar-refractivity contribution < 1.29 is 23.9 Å². The number of nitrogens with zero attached hydrogens (tertiary/aromatic N) is 1. The molecule has 0 unspecified atom stereocenters. The van der Waals surface area contributed by atoms with Gasteiger partial charge >= 0.3 is 11.9 Å². The lowest BCUT2D eigenvalue weighted by molar-refractivity contribution is 0.0480. The van der Waals surface area contributed by atoms with E-state index in [0.717, 1.165) is 5.56 Å². The monoisotopic (exact) mass is 379 g/mol. The molecular weight excluding hydrogens is 358 g/mol. The van der Waals surface area contributed by atoms with E-state index >= 15 is 0 Å². The molecule has 0 aliphatic heterocycles. The molecule has 3 aromatic rings. The molecule has 0 spiro atoms. The molecule has 28 heavy (non-hydrogen) atoms. The quantitative estimate of drug-likeness (QED) is 0.462. The Labute approximate surface area is 162 Å². The van der Waals surface area contributed by atoms with Crippen molar-refractivity contribution in [1.82, 2.24) is 4.40 Å². The molecule has 0 aliphatic rings. The highest BCUT2D eigenvalue weighted by Crippen LogP contribution is 2.27. The smallest absolute Gasteiger partial charge is 0.341 e. The first kappa shape index (κ1) is 19.4. The molecule has 1 aromatic carbocycles. The van der Waals surface area contributed by atoms with Crippen LogP contribution in [-0.2, 0) is 15.9 Å². The summed E-state index contributed by atoms with van der Waals surface area (Å²) in [6.07, 6.45) is 1.75. The number of carbonyl (C=O) groups is 3. The highest BCUT2D eigenvalue weighted by molar-refractivity contribution is 6.16. The van der Waals surface area contributed by atoms with Crippen LogP contribution < -0.4 is 0 Å². The molecule has 0 fully saturated rings. The molecule has 0 N–H and O–H groups in total. The van der Waals surface area contributed by atoms with Crippen LogP contribution in [0.3, 0.4) is 0 Å². The molecule has 6 heteroatoms. The minimum Gasteiger partial charge on any atom is -0.462 e. The lowest BCUT2D eigenvalue weighted by Gasteiger charge is -2.07. The minimum absolute atomic E-state index is 0.0487. The molecule has 0 aliphatic carbocycles. The Balaban J connectivity index is 2.22. The summed E-state index contributed by atoms with van der Waals surface area (Å²) < 4.78 is 11.9. The third-order valence-electron chi connectivity index (χ3n) is 4.27. The van der Waals surface area contributed by atoms with Crippen molar-refractivity contribution in [2.45, 2.75) is 20.3 Å². The normalized spacial score (nSPS) is 10.6. The summed E-state index contributed by atoms with van der Waals surface area (Å²) in [5.74, 6) is -1.66. The van der Waals surface area contributed by atoms with Gasteiger partial charge in [0.15, 0.2) is 5.78 Å². The van der Waals surface area contributed by atoms with E-state index in [0.29, 0.717) is 5.52 Å². The van der Waals surface area contributed by atoms with E-state index < -0.39 is 11.9 Å². The van der Waals surface area contributed by atoms with Gasteiger partial charge in [-0.1, -0.05) is 36.4 Å². The number of esters is 2. The number of carbonyl (C=O) groups excluding carboxylic acids is 3. The van der Waals surface area contributed by atoms with E-state index in [1.807, 2.05) is 30.3 Å². The first-order valence-corrected chi connectivity index (χ1v) is 9.12. The topological polar surface area (TPSA) is 74.1 Å². The van der Waals surface area contributed by atoms with Gasteiger partial charge in [0.25, 0.3) is 0 Å². The number of rotatable bonds is 7. The highest BCUT2D eigenvalue weighted by atomic mass is 16.5. The van der Waals surface area contributed by atoms with E-state index in [-0.39, 0.29) is 42.2 Å². The SMILES string of the molecule is CCOC(=O)c1c(C(=O)OCC)c2ccccn2c1C(=O)Cc1ccccc1. The van der Waals surface area contributed by atoms with E-state index in [2.05, 4.69) is 0 Å². The number of pyridine rings is 1. The van der Waals surface area contributed by atoms with Gasteiger partial charge in [-0.2, -0.15) is 0 Å². The zero-order valence-corrected chi connectivity index (χ0v) is 15.8. The maximum absolute atomic E-state index is 13.2. The Bertz CT molecular complexity index is 1020. The van der Waals surface area contributed by atoms with Crippen LogP contribution in [-0.4, -0.2) is 35.3 Å². The predicted molar refractivity (Wildman–Crippen MR) is 104 cm³/mol. The van der Waals surface area contributed by atoms with E-state index in [4.69, 9.17) is 9.47 Å². The second-order valence-electron chi connectivity index (χ2n) is 6.08. The molecule has 0 saturated heterocycles. The zero-order valence-electron chi connectivity index (χ0n) is 15.8. The zero-order chi connectivity index (χ0) is 20.1. The standard InChI is InChI=1S/C22H21NO5/c1-3-27-21(25)18-16-12-8-9-13-23(16)20(19(18)22(26)28-4-2)17(24)14-15-10-6-5-7-11-15/h5-13H,3-4,14H2,1-2H3. The Morgan fingerprint density at radius 2 is 1.43 bits per heavy atom. The van der Waals surface area contributed by atoms with E-state index in [1.54, 1.807) is 42.6 Å². The number of ketones is 1. The average Bonchev–Trinajstić information content (AvgIpc) is 3.04. The van der Waals surface area contributed by atoms with Crippen LogP contribution in [0.1, 0.15) is 50.6 Å². The van der Waals surface area contributed by atoms with Gasteiger partial charge in [0, 0.05) is 12.6 Å². The third kappa shape index (κ3) is 3.67. The summed E-state index contributed by atoms with van der Waals surface area (Å²) in [5, 5.41) is 0. The van der Waals surface area contributed by atoms with Gasteiger partial charge in [0.1, 0.15) is 16.8 Å². The van der Waals surface area contributed by atoms with Crippen LogP contribution in [0.5, 0.6) is 0 Å². The fraction of sp³-hybridized carbons (Fsp3) is 0.227. The van der Waals surface area contributed by atoms with Gasteiger partial charge < -0.3 is 13.9 Å². The summed E-state index contributed by atoms with van der Waals surface area (Å²) in [6.45, 7) is 3.63. The molecule has 0 saturated carbocycles. The van der Waals surface area contributed by atoms with Crippen molar-refractivity contribution in [1.29, 1.82) is 0 Å². The lowest BCUT2D eigenvalue weighted by Crippen LogP contribution is -2.17. The number of aromatic nitrogens is 1. The maximum atomic E-state index is 13.2. The van der Waals surface area contributed by atoms with Crippen molar-refractivity contribution in [3.8, 4) is 0 Å². The average molecular weight is 379 g/mol. The van der Waals surface area contributed by atoms with Crippen LogP contribution in [0.15, 0.2) is 54.7 Å². The summed E-state index contributed by atoms with van der Waals surface area (Å²) in [5.41, 5.74) is 1.37. The van der Waals surface area contributed by atoms with E-state index in [1.165, 1.54) is 0 Å². The molecule has 2 aromatic heterocycles. The fourth-order valence-electron chi connectivity index (χ4n) is 3.16. The number of fused-ring (bicyclic) bond motifs is 1. The minimum atomic E-state index is -0.717. The van der Waals surface area contributed by atoms with Crippen LogP contribution >= 0.6 is 0 Å². The van der Waals surface area contributed by atoms with Crippen LogP contribution in [0, 0.1) is 0 Å². The predicted octanol–water partition coefficient (Wildman–Crippen LogP) is 3.72. The number of hydrogen-bond donors (Lipinski definition) is 0. The fourth-order valence-corrected chi connectivity index (χ4v) is 3.16. The van der Waals surface area contributed by atoms with Crippen LogP contribution in [0.4, 0.5) is 0 Å². The number of ether oxygens (including phenoxy) is 2. The van der Waals surface area contributed by atoms with Crippen molar-refractivity contribution in [2.24, 2.45) is 0 Å². The number of Topliss-reactive ketones (excluding diaryl/α,β-unsaturated/α-hetero) is 1. The Morgan fingerprint density at radius 1 is 0.821 bits per heavy atom. The van der Waals surface area contributed by atoms with Crippen molar-refractivity contribution in [2.75, 3.05) is 13.2 Å². The molecule has 0 bridgehead atoms. The summed E-state index contributed by atoms with van der Waals surface area (Å²) in [4.78, 5) is 38.5. The summed E-state index contributed by atoms with van der Waals surface area (Å²) in [7, 11) is 0. The third-order valence-corrected chi connectivity index (χ3v) is 4.27. The molecule has 0 radical (unpaired) electrons. The van der Waals surface area contributed by atoms with Crippen molar-refractivity contribution in [3.05, 3.63) is 77.1 Å². The van der Waals surface area contributed by atoms with Crippen molar-refractivity contribution >= 4 is 23.2 Å². The Morgan fingerprint density at radius 3 is 2.07 bits per heavy atom. The van der Waals surface area contributed by atoms with Gasteiger partial charge in [0.2, 0.25) is 0 Å². The highest BCUT2D eigenvalue weighted by Gasteiger charge is 2.32. The molecular formula is C22H21NO5. The van der Waals surface area contributed by atoms with Gasteiger partial charge in [-0.15, -0.1) is 0 Å². The number of benzene rings is 1. The van der Waals surface area contributed by atoms with Gasteiger partial charge in [-0.05, 0) is 31.5 Å². The molecule has 0 atom stereocenters. The van der Waals surface area contributed by atoms with Gasteiger partial charge in [0.05, 0.1) is 18.7 Å². The van der Waals surface area contributed by atoms with Crippen LogP contribution in [0.2, 0.25) is 0 Å². The van der Waals surface area contributed by atoms with Gasteiger partial charge in [-0.3, -0.25) is 4.79 Å². The number of hydrogen-bond acceptors (Lipinski definition) is 5.